The molecule has 0 unspecified atom stereocenters. The first kappa shape index (κ1) is 17.8. The molecule has 2 rings (SSSR count). The molecule has 0 bridgehead atoms. The predicted octanol–water partition coefficient (Wildman–Crippen LogP) is 1.74. The minimum Gasteiger partial charge on any atom is -0.480 e. The van der Waals surface area contributed by atoms with Crippen molar-refractivity contribution in [2.45, 2.75) is 38.1 Å². The predicted molar refractivity (Wildman–Crippen MR) is 89.8 cm³/mol. The van der Waals surface area contributed by atoms with Crippen molar-refractivity contribution in [1.29, 1.82) is 0 Å². The molecule has 1 fully saturated rings. The zero-order valence-electron chi connectivity index (χ0n) is 13.5. The number of carbonyl (C=O) groups is 3. The van der Waals surface area contributed by atoms with Crippen LogP contribution in [0.15, 0.2) is 30.3 Å². The zero-order chi connectivity index (χ0) is 17.4. The Morgan fingerprint density at radius 3 is 2.38 bits per heavy atom. The number of nitrogens with one attached hydrogen (secondary N) is 2. The number of rotatable bonds is 6. The summed E-state index contributed by atoms with van der Waals surface area (Å²) in [4.78, 5) is 36.3. The first-order chi connectivity index (χ1) is 11.6. The van der Waals surface area contributed by atoms with Gasteiger partial charge in [-0.05, 0) is 25.0 Å². The number of urea groups is 1. The first-order valence-corrected chi connectivity index (χ1v) is 8.18. The number of benzene rings is 1. The van der Waals surface area contributed by atoms with Crippen LogP contribution in [0.25, 0.3) is 0 Å². The lowest BCUT2D eigenvalue weighted by atomic mass is 9.96. The van der Waals surface area contributed by atoms with Crippen LogP contribution in [0.4, 0.5) is 10.5 Å². The Hall–Kier alpha value is -2.57. The van der Waals surface area contributed by atoms with E-state index in [0.29, 0.717) is 5.69 Å². The zero-order valence-corrected chi connectivity index (χ0v) is 13.5. The van der Waals surface area contributed by atoms with Gasteiger partial charge < -0.3 is 15.7 Å². The van der Waals surface area contributed by atoms with Crippen LogP contribution in [0.3, 0.4) is 0 Å². The van der Waals surface area contributed by atoms with Crippen molar-refractivity contribution < 1.29 is 19.5 Å². The molecule has 7 heteroatoms. The van der Waals surface area contributed by atoms with Crippen molar-refractivity contribution in [3.05, 3.63) is 30.3 Å². The van der Waals surface area contributed by atoms with Gasteiger partial charge in [0, 0.05) is 11.7 Å². The van der Waals surface area contributed by atoms with E-state index < -0.39 is 24.5 Å². The highest BCUT2D eigenvalue weighted by atomic mass is 16.4. The lowest BCUT2D eigenvalue weighted by molar-refractivity contribution is -0.136. The fraction of sp³-hybridized carbons (Fsp3) is 0.471. The van der Waals surface area contributed by atoms with E-state index in [9.17, 15) is 14.4 Å². The standard InChI is InChI=1S/C17H23N3O4/c21-15(11-18-17(24)19-13-7-3-1-4-8-13)20(12-16(22)23)14-9-5-2-6-10-14/h2,5-6,9-10,13H,1,3-4,7-8,11-12H2,(H,22,23)(H2,18,19,24). The van der Waals surface area contributed by atoms with Crippen LogP contribution >= 0.6 is 0 Å². The van der Waals surface area contributed by atoms with Crippen molar-refractivity contribution >= 4 is 23.6 Å². The van der Waals surface area contributed by atoms with Crippen LogP contribution in [0.1, 0.15) is 32.1 Å². The molecule has 3 N–H and O–H groups in total. The average molecular weight is 333 g/mol. The Balaban J connectivity index is 1.87. The topological polar surface area (TPSA) is 98.7 Å². The second kappa shape index (κ2) is 8.90. The highest BCUT2D eigenvalue weighted by molar-refractivity contribution is 5.99. The molecular formula is C17H23N3O4. The van der Waals surface area contributed by atoms with Crippen molar-refractivity contribution in [3.8, 4) is 0 Å². The molecule has 1 aromatic rings. The van der Waals surface area contributed by atoms with Gasteiger partial charge in [-0.25, -0.2) is 4.79 Å². The lowest BCUT2D eigenvalue weighted by Gasteiger charge is -2.24. The number of hydrogen-bond donors (Lipinski definition) is 3. The molecule has 0 spiro atoms. The number of carboxylic acids is 1. The summed E-state index contributed by atoms with van der Waals surface area (Å²) in [7, 11) is 0. The van der Waals surface area contributed by atoms with Crippen LogP contribution in [-0.4, -0.2) is 42.1 Å². The summed E-state index contributed by atoms with van der Waals surface area (Å²) in [5.74, 6) is -1.58. The van der Waals surface area contributed by atoms with Crippen molar-refractivity contribution in [2.75, 3.05) is 18.0 Å². The van der Waals surface area contributed by atoms with Gasteiger partial charge >= 0.3 is 12.0 Å². The molecule has 1 aliphatic rings. The minimum atomic E-state index is -1.11. The summed E-state index contributed by atoms with van der Waals surface area (Å²) >= 11 is 0. The van der Waals surface area contributed by atoms with Crippen LogP contribution in [0.2, 0.25) is 0 Å². The molecule has 7 nitrogen and oxygen atoms in total. The Bertz CT molecular complexity index is 570. The lowest BCUT2D eigenvalue weighted by Crippen LogP contribution is -2.48. The molecule has 0 heterocycles. The maximum atomic E-state index is 12.3. The van der Waals surface area contributed by atoms with E-state index in [1.807, 2.05) is 0 Å². The third-order valence-electron chi connectivity index (χ3n) is 4.00. The fourth-order valence-corrected chi connectivity index (χ4v) is 2.80. The molecule has 0 aliphatic heterocycles. The van der Waals surface area contributed by atoms with Gasteiger partial charge in [-0.1, -0.05) is 37.5 Å². The Labute approximate surface area is 141 Å². The number of amides is 3. The molecule has 130 valence electrons. The summed E-state index contributed by atoms with van der Waals surface area (Å²) < 4.78 is 0. The van der Waals surface area contributed by atoms with Gasteiger partial charge in [-0.2, -0.15) is 0 Å². The first-order valence-electron chi connectivity index (χ1n) is 8.18. The number of carboxylic acid groups (broad SMARTS) is 1. The number of carbonyl (C=O) groups excluding carboxylic acids is 2. The van der Waals surface area contributed by atoms with Crippen LogP contribution in [-0.2, 0) is 9.59 Å². The molecule has 1 saturated carbocycles. The number of para-hydroxylation sites is 1. The number of aliphatic carboxylic acids is 1. The SMILES string of the molecule is O=C(O)CN(C(=O)CNC(=O)NC1CCCCC1)c1ccccc1. The van der Waals surface area contributed by atoms with E-state index >= 15 is 0 Å². The van der Waals surface area contributed by atoms with Gasteiger partial charge in [0.05, 0.1) is 6.54 Å². The minimum absolute atomic E-state index is 0.151. The summed E-state index contributed by atoms with van der Waals surface area (Å²) in [6.45, 7) is -0.699. The maximum absolute atomic E-state index is 12.3. The van der Waals surface area contributed by atoms with Gasteiger partial charge in [0.15, 0.2) is 0 Å². The van der Waals surface area contributed by atoms with E-state index in [2.05, 4.69) is 10.6 Å². The maximum Gasteiger partial charge on any atom is 0.323 e. The van der Waals surface area contributed by atoms with Gasteiger partial charge in [0.2, 0.25) is 5.91 Å². The van der Waals surface area contributed by atoms with E-state index in [1.165, 1.54) is 6.42 Å². The molecule has 1 aromatic carbocycles. The summed E-state index contributed by atoms with van der Waals surface area (Å²) in [6, 6.07) is 8.30. The Morgan fingerprint density at radius 2 is 1.75 bits per heavy atom. The second-order valence-electron chi connectivity index (χ2n) is 5.87. The van der Waals surface area contributed by atoms with Crippen LogP contribution in [0, 0.1) is 0 Å². The van der Waals surface area contributed by atoms with E-state index in [1.54, 1.807) is 30.3 Å². The van der Waals surface area contributed by atoms with Crippen LogP contribution < -0.4 is 15.5 Å². The number of hydrogen-bond acceptors (Lipinski definition) is 3. The monoisotopic (exact) mass is 333 g/mol. The quantitative estimate of drug-likeness (QED) is 0.738. The smallest absolute Gasteiger partial charge is 0.323 e. The highest BCUT2D eigenvalue weighted by Crippen LogP contribution is 2.17. The van der Waals surface area contributed by atoms with Crippen molar-refractivity contribution in [3.63, 3.8) is 0 Å². The summed E-state index contributed by atoms with van der Waals surface area (Å²) in [5.41, 5.74) is 0.486. The molecule has 3 amide bonds. The largest absolute Gasteiger partial charge is 0.480 e. The van der Waals surface area contributed by atoms with Crippen molar-refractivity contribution in [2.24, 2.45) is 0 Å². The summed E-state index contributed by atoms with van der Waals surface area (Å²) in [6.07, 6.45) is 5.31. The molecule has 1 aliphatic carbocycles. The van der Waals surface area contributed by atoms with Crippen molar-refractivity contribution in [1.82, 2.24) is 10.6 Å². The third kappa shape index (κ3) is 5.57. The molecular weight excluding hydrogens is 310 g/mol. The molecule has 0 aromatic heterocycles. The highest BCUT2D eigenvalue weighted by Gasteiger charge is 2.20. The number of nitrogens with zero attached hydrogens (tertiary/aromatic N) is 1. The second-order valence-corrected chi connectivity index (χ2v) is 5.87. The van der Waals surface area contributed by atoms with Gasteiger partial charge in [-0.15, -0.1) is 0 Å². The summed E-state index contributed by atoms with van der Waals surface area (Å²) in [5, 5.41) is 14.4. The van der Waals surface area contributed by atoms with Gasteiger partial charge in [0.25, 0.3) is 0 Å². The van der Waals surface area contributed by atoms with Crippen LogP contribution in [0.5, 0.6) is 0 Å². The third-order valence-corrected chi connectivity index (χ3v) is 4.00. The molecule has 0 radical (unpaired) electrons. The van der Waals surface area contributed by atoms with E-state index in [0.717, 1.165) is 30.6 Å². The molecule has 0 saturated heterocycles. The van der Waals surface area contributed by atoms with E-state index in [4.69, 9.17) is 5.11 Å². The Kier molecular flexibility index (Phi) is 6.60. The molecule has 0 atom stereocenters. The number of anilines is 1. The molecule has 24 heavy (non-hydrogen) atoms. The normalized spacial score (nSPS) is 14.7. The van der Waals surface area contributed by atoms with E-state index in [-0.39, 0.29) is 12.6 Å². The van der Waals surface area contributed by atoms with Gasteiger partial charge in [-0.3, -0.25) is 14.5 Å². The fourth-order valence-electron chi connectivity index (χ4n) is 2.80. The average Bonchev–Trinajstić information content (AvgIpc) is 2.59. The Morgan fingerprint density at radius 1 is 1.08 bits per heavy atom. The van der Waals surface area contributed by atoms with Gasteiger partial charge in [0.1, 0.15) is 6.54 Å².